The fourth-order valence-corrected chi connectivity index (χ4v) is 1.71. The molecule has 15 heavy (non-hydrogen) atoms. The molecule has 0 aromatic carbocycles. The highest BCUT2D eigenvalue weighted by atomic mass is 16.6. The molecule has 0 aromatic heterocycles. The van der Waals surface area contributed by atoms with Crippen molar-refractivity contribution >= 4 is 18.2 Å². The van der Waals surface area contributed by atoms with Crippen LogP contribution in [0.3, 0.4) is 0 Å². The van der Waals surface area contributed by atoms with E-state index in [0.717, 1.165) is 6.08 Å². The number of hydrogen-bond donors (Lipinski definition) is 0. The van der Waals surface area contributed by atoms with Gasteiger partial charge in [-0.05, 0) is 0 Å². The number of carbonyl (C=O) groups is 3. The van der Waals surface area contributed by atoms with Crippen LogP contribution in [0.4, 0.5) is 0 Å². The Kier molecular flexibility index (Phi) is 2.18. The van der Waals surface area contributed by atoms with Gasteiger partial charge in [-0.25, -0.2) is 4.79 Å². The minimum absolute atomic E-state index is 0.174. The molecule has 2 rings (SSSR count). The lowest BCUT2D eigenvalue weighted by Crippen LogP contribution is -2.55. The molecule has 0 N–H and O–H groups in total. The van der Waals surface area contributed by atoms with E-state index < -0.39 is 18.2 Å². The molecule has 6 nitrogen and oxygen atoms in total. The molecule has 2 atom stereocenters. The Bertz CT molecular complexity index is 362. The van der Waals surface area contributed by atoms with Crippen molar-refractivity contribution in [2.75, 3.05) is 7.11 Å². The van der Waals surface area contributed by atoms with Crippen molar-refractivity contribution in [1.29, 1.82) is 0 Å². The number of ether oxygens (including phenoxy) is 2. The fourth-order valence-electron chi connectivity index (χ4n) is 1.71. The number of rotatable bonds is 2. The Morgan fingerprint density at radius 3 is 2.93 bits per heavy atom. The van der Waals surface area contributed by atoms with Gasteiger partial charge in [0, 0.05) is 6.08 Å². The molecule has 0 spiro atoms. The molecule has 2 heterocycles. The molecule has 0 aromatic rings. The van der Waals surface area contributed by atoms with E-state index in [9.17, 15) is 14.4 Å². The average Bonchev–Trinajstić information content (AvgIpc) is 2.50. The van der Waals surface area contributed by atoms with Crippen molar-refractivity contribution in [2.24, 2.45) is 0 Å². The van der Waals surface area contributed by atoms with Gasteiger partial charge in [-0.1, -0.05) is 0 Å². The van der Waals surface area contributed by atoms with Gasteiger partial charge in [0.05, 0.1) is 13.5 Å². The highest BCUT2D eigenvalue weighted by Gasteiger charge is 2.54. The molecule has 0 saturated carbocycles. The van der Waals surface area contributed by atoms with Crippen molar-refractivity contribution in [3.8, 4) is 0 Å². The van der Waals surface area contributed by atoms with Gasteiger partial charge in [-0.15, -0.1) is 0 Å². The normalized spacial score (nSPS) is 30.6. The number of allylic oxidation sites excluding steroid dienone is 1. The van der Waals surface area contributed by atoms with E-state index in [1.54, 1.807) is 0 Å². The summed E-state index contributed by atoms with van der Waals surface area (Å²) in [5, 5.41) is 0. The number of methoxy groups -OCH3 is 1. The number of fused-ring (bicyclic) bond motifs is 1. The van der Waals surface area contributed by atoms with Crippen LogP contribution in [0.25, 0.3) is 0 Å². The minimum atomic E-state index is -0.897. The van der Waals surface area contributed by atoms with Gasteiger partial charge in [0.25, 0.3) is 0 Å². The second-order valence-electron chi connectivity index (χ2n) is 3.21. The molecular weight excluding hydrogens is 202 g/mol. The highest BCUT2D eigenvalue weighted by Crippen LogP contribution is 2.36. The van der Waals surface area contributed by atoms with Crippen LogP contribution in [-0.4, -0.2) is 42.4 Å². The first kappa shape index (κ1) is 9.70. The molecule has 6 heteroatoms. The molecule has 2 fully saturated rings. The first-order valence-corrected chi connectivity index (χ1v) is 4.40. The van der Waals surface area contributed by atoms with Gasteiger partial charge in [-0.3, -0.25) is 14.5 Å². The number of aldehydes is 1. The van der Waals surface area contributed by atoms with Crippen molar-refractivity contribution in [3.63, 3.8) is 0 Å². The van der Waals surface area contributed by atoms with Crippen LogP contribution in [0.15, 0.2) is 11.8 Å². The lowest BCUT2D eigenvalue weighted by Gasteiger charge is -2.33. The van der Waals surface area contributed by atoms with Crippen molar-refractivity contribution < 1.29 is 23.9 Å². The van der Waals surface area contributed by atoms with Crippen LogP contribution in [0.5, 0.6) is 0 Å². The van der Waals surface area contributed by atoms with Gasteiger partial charge < -0.3 is 9.47 Å². The molecule has 2 aliphatic rings. The molecular formula is C9H9NO5. The lowest BCUT2D eigenvalue weighted by molar-refractivity contribution is -0.164. The van der Waals surface area contributed by atoms with Gasteiger partial charge in [0.2, 0.25) is 5.91 Å². The third-order valence-electron chi connectivity index (χ3n) is 2.42. The van der Waals surface area contributed by atoms with Crippen LogP contribution in [0, 0.1) is 0 Å². The Hall–Kier alpha value is -1.85. The summed E-state index contributed by atoms with van der Waals surface area (Å²) in [5.41, 5.74) is 0. The van der Waals surface area contributed by atoms with Crippen molar-refractivity contribution in [2.45, 2.75) is 18.7 Å². The molecule has 0 bridgehead atoms. The molecule has 2 aliphatic heterocycles. The Labute approximate surface area is 85.4 Å². The summed E-state index contributed by atoms with van der Waals surface area (Å²) in [6, 6.07) is -0.897. The zero-order valence-corrected chi connectivity index (χ0v) is 8.00. The van der Waals surface area contributed by atoms with Gasteiger partial charge in [0.1, 0.15) is 12.0 Å². The van der Waals surface area contributed by atoms with E-state index in [1.807, 2.05) is 0 Å². The third-order valence-corrected chi connectivity index (χ3v) is 2.42. The molecule has 0 radical (unpaired) electrons. The van der Waals surface area contributed by atoms with E-state index in [1.165, 1.54) is 12.0 Å². The molecule has 0 aliphatic carbocycles. The monoisotopic (exact) mass is 211 g/mol. The SMILES string of the molecule is COC(=O)C1/C(=C\C=O)O[C@@H]2CC(=O)N12. The number of amides is 1. The quantitative estimate of drug-likeness (QED) is 0.259. The smallest absolute Gasteiger partial charge is 0.336 e. The predicted octanol–water partition coefficient (Wildman–Crippen LogP) is -0.801. The van der Waals surface area contributed by atoms with Crippen molar-refractivity contribution in [1.82, 2.24) is 4.90 Å². The van der Waals surface area contributed by atoms with E-state index in [0.29, 0.717) is 6.29 Å². The van der Waals surface area contributed by atoms with Crippen molar-refractivity contribution in [3.05, 3.63) is 11.8 Å². The van der Waals surface area contributed by atoms with Gasteiger partial charge >= 0.3 is 5.97 Å². The molecule has 1 unspecified atom stereocenters. The number of hydrogen-bond acceptors (Lipinski definition) is 5. The number of β-lactam (4-membered cyclic amide) rings is 1. The maximum absolute atomic E-state index is 11.4. The van der Waals surface area contributed by atoms with Crippen LogP contribution < -0.4 is 0 Å². The van der Waals surface area contributed by atoms with E-state index in [-0.39, 0.29) is 18.1 Å². The topological polar surface area (TPSA) is 72.9 Å². The first-order valence-electron chi connectivity index (χ1n) is 4.40. The van der Waals surface area contributed by atoms with Crippen LogP contribution in [-0.2, 0) is 23.9 Å². The fraction of sp³-hybridized carbons (Fsp3) is 0.444. The van der Waals surface area contributed by atoms with Gasteiger partial charge in [0.15, 0.2) is 12.3 Å². The van der Waals surface area contributed by atoms with E-state index >= 15 is 0 Å². The molecule has 2 saturated heterocycles. The van der Waals surface area contributed by atoms with Crippen LogP contribution in [0.2, 0.25) is 0 Å². The summed E-state index contributed by atoms with van der Waals surface area (Å²) in [6.45, 7) is 0. The maximum Gasteiger partial charge on any atom is 0.336 e. The molecule has 80 valence electrons. The summed E-state index contributed by atoms with van der Waals surface area (Å²) in [4.78, 5) is 34.2. The van der Waals surface area contributed by atoms with E-state index in [2.05, 4.69) is 4.74 Å². The third kappa shape index (κ3) is 1.29. The molecule has 1 amide bonds. The number of carbonyl (C=O) groups excluding carboxylic acids is 3. The maximum atomic E-state index is 11.4. The average molecular weight is 211 g/mol. The lowest BCUT2D eigenvalue weighted by atomic mass is 10.1. The largest absolute Gasteiger partial charge is 0.471 e. The summed E-state index contributed by atoms with van der Waals surface area (Å²) in [6.07, 6.45) is 1.46. The zero-order chi connectivity index (χ0) is 11.0. The highest BCUT2D eigenvalue weighted by molar-refractivity contribution is 5.92. The Balaban J connectivity index is 2.28. The second-order valence-corrected chi connectivity index (χ2v) is 3.21. The summed E-state index contributed by atoms with van der Waals surface area (Å²) in [7, 11) is 1.22. The standard InChI is InChI=1S/C9H9NO5/c1-14-9(13)8-5(2-3-11)15-7-4-6(12)10(7)8/h2-3,7-8H,4H2,1H3/b5-2+/t7-,8?/m1/s1. The second kappa shape index (κ2) is 3.38. The zero-order valence-electron chi connectivity index (χ0n) is 8.00. The minimum Gasteiger partial charge on any atom is -0.471 e. The number of esters is 1. The van der Waals surface area contributed by atoms with Crippen LogP contribution >= 0.6 is 0 Å². The number of nitrogens with zero attached hydrogens (tertiary/aromatic N) is 1. The predicted molar refractivity (Wildman–Crippen MR) is 46.3 cm³/mol. The van der Waals surface area contributed by atoms with Crippen LogP contribution in [0.1, 0.15) is 6.42 Å². The summed E-state index contributed by atoms with van der Waals surface area (Å²) < 4.78 is 9.78. The first-order chi connectivity index (χ1) is 7.19. The Morgan fingerprint density at radius 1 is 1.67 bits per heavy atom. The van der Waals surface area contributed by atoms with Gasteiger partial charge in [-0.2, -0.15) is 0 Å². The van der Waals surface area contributed by atoms with E-state index in [4.69, 9.17) is 4.74 Å². The summed E-state index contributed by atoms with van der Waals surface area (Å²) >= 11 is 0. The Morgan fingerprint density at radius 2 is 2.40 bits per heavy atom. The summed E-state index contributed by atoms with van der Waals surface area (Å²) in [5.74, 6) is -0.601.